The van der Waals surface area contributed by atoms with Crippen molar-refractivity contribution in [3.05, 3.63) is 34.6 Å². The van der Waals surface area contributed by atoms with Crippen molar-refractivity contribution in [2.75, 3.05) is 0 Å². The summed E-state index contributed by atoms with van der Waals surface area (Å²) in [6.45, 7) is 1.43. The second-order valence-electron chi connectivity index (χ2n) is 6.85. The van der Waals surface area contributed by atoms with Crippen molar-refractivity contribution in [3.63, 3.8) is 0 Å². The molecule has 27 heavy (non-hydrogen) atoms. The van der Waals surface area contributed by atoms with E-state index in [1.807, 2.05) is 23.9 Å². The number of nitrogens with zero attached hydrogens (tertiary/aromatic N) is 3. The first kappa shape index (κ1) is 19.3. The number of carbonyl (C=O) groups excluding carboxylic acids is 1. The number of aliphatic carboxylic acids is 1. The van der Waals surface area contributed by atoms with E-state index in [0.29, 0.717) is 11.6 Å². The van der Waals surface area contributed by atoms with E-state index in [1.54, 1.807) is 23.5 Å². The molecule has 1 heterocycles. The second kappa shape index (κ2) is 8.47. The predicted molar refractivity (Wildman–Crippen MR) is 104 cm³/mol. The predicted octanol–water partition coefficient (Wildman–Crippen LogP) is 2.58. The summed E-state index contributed by atoms with van der Waals surface area (Å²) in [5.74, 6) is -1.47. The number of nitrogens with one attached hydrogen (secondary N) is 1. The van der Waals surface area contributed by atoms with E-state index in [0.717, 1.165) is 28.2 Å². The van der Waals surface area contributed by atoms with Crippen LogP contribution in [-0.2, 0) is 11.8 Å². The maximum absolute atomic E-state index is 12.1. The topological polar surface area (TPSA) is 96.6 Å². The molecule has 1 atom stereocenters. The average molecular weight is 388 g/mol. The van der Waals surface area contributed by atoms with Gasteiger partial charge >= 0.3 is 5.97 Å². The number of carbonyl (C=O) groups is 2. The molecular weight excluding hydrogens is 364 g/mol. The summed E-state index contributed by atoms with van der Waals surface area (Å²) in [7, 11) is 1.90. The molecule has 0 radical (unpaired) electrons. The van der Waals surface area contributed by atoms with Gasteiger partial charge < -0.3 is 10.4 Å². The molecule has 1 amide bonds. The van der Waals surface area contributed by atoms with Crippen molar-refractivity contribution < 1.29 is 14.7 Å². The number of hydrogen-bond donors (Lipinski definition) is 2. The summed E-state index contributed by atoms with van der Waals surface area (Å²) in [5, 5.41) is 16.7. The lowest BCUT2D eigenvalue weighted by Crippen LogP contribution is -2.38. The minimum atomic E-state index is -1.07. The fraction of sp³-hybridized carbons (Fsp3) is 0.474. The van der Waals surface area contributed by atoms with Crippen molar-refractivity contribution in [1.29, 1.82) is 0 Å². The van der Waals surface area contributed by atoms with Crippen molar-refractivity contribution in [3.8, 4) is 10.6 Å². The maximum Gasteiger partial charge on any atom is 0.325 e. The van der Waals surface area contributed by atoms with Crippen LogP contribution in [0.3, 0.4) is 0 Å². The number of aromatic nitrogens is 2. The zero-order valence-corrected chi connectivity index (χ0v) is 16.3. The highest BCUT2D eigenvalue weighted by Crippen LogP contribution is 2.22. The van der Waals surface area contributed by atoms with Gasteiger partial charge in [0, 0.05) is 18.2 Å². The molecule has 1 aromatic carbocycles. The van der Waals surface area contributed by atoms with Gasteiger partial charge in [-0.05, 0) is 31.9 Å². The van der Waals surface area contributed by atoms with Gasteiger partial charge in [0.25, 0.3) is 5.91 Å². The maximum atomic E-state index is 12.1. The molecule has 1 aromatic heterocycles. The van der Waals surface area contributed by atoms with Crippen molar-refractivity contribution in [2.24, 2.45) is 12.0 Å². The van der Waals surface area contributed by atoms with Gasteiger partial charge in [0.2, 0.25) is 4.80 Å². The molecule has 1 saturated carbocycles. The van der Waals surface area contributed by atoms with Crippen molar-refractivity contribution >= 4 is 23.2 Å². The highest BCUT2D eigenvalue weighted by Gasteiger charge is 2.16. The van der Waals surface area contributed by atoms with E-state index in [2.05, 4.69) is 10.4 Å². The molecule has 0 unspecified atom stereocenters. The van der Waals surface area contributed by atoms with Crippen LogP contribution in [0.5, 0.6) is 0 Å². The number of hydrogen-bond acceptors (Lipinski definition) is 5. The largest absolute Gasteiger partial charge is 0.480 e. The molecule has 1 aliphatic rings. The van der Waals surface area contributed by atoms with Gasteiger partial charge in [-0.1, -0.05) is 42.7 Å². The molecule has 0 saturated heterocycles. The number of aryl methyl sites for hydroxylation is 1. The summed E-state index contributed by atoms with van der Waals surface area (Å²) < 4.78 is 1.81. The molecule has 7 nitrogen and oxygen atoms in total. The molecular formula is C19H24N4O3S. The molecule has 3 rings (SSSR count). The summed E-state index contributed by atoms with van der Waals surface area (Å²) in [4.78, 5) is 28.7. The summed E-state index contributed by atoms with van der Waals surface area (Å²) in [6, 6.07) is 6.46. The molecule has 1 fully saturated rings. The normalized spacial score (nSPS) is 16.9. The minimum Gasteiger partial charge on any atom is -0.480 e. The Hall–Kier alpha value is -2.48. The van der Waals surface area contributed by atoms with Crippen LogP contribution in [0.25, 0.3) is 10.6 Å². The standard InChI is InChI=1S/C19H24N4O3S/c1-12(18(25)26)20-16(24)13-8-10-14(11-9-13)17-22-23(2)19(27-17)21-15-6-4-3-5-7-15/h8-12,15H,3-7H2,1-2H3,(H,20,24)(H,25,26)/b21-19+/t12-/m0/s1. The van der Waals surface area contributed by atoms with Gasteiger partial charge in [-0.15, -0.1) is 0 Å². The molecule has 2 N–H and O–H groups in total. The lowest BCUT2D eigenvalue weighted by molar-refractivity contribution is -0.138. The Kier molecular flexibility index (Phi) is 6.05. The Bertz CT molecular complexity index is 879. The van der Waals surface area contributed by atoms with Crippen LogP contribution in [0.4, 0.5) is 0 Å². The third-order valence-electron chi connectivity index (χ3n) is 4.69. The lowest BCUT2D eigenvalue weighted by atomic mass is 9.96. The first-order chi connectivity index (χ1) is 12.9. The third-order valence-corrected chi connectivity index (χ3v) is 5.75. The van der Waals surface area contributed by atoms with E-state index in [-0.39, 0.29) is 0 Å². The Morgan fingerprint density at radius 3 is 2.56 bits per heavy atom. The number of carboxylic acid groups (broad SMARTS) is 1. The Morgan fingerprint density at radius 2 is 1.93 bits per heavy atom. The minimum absolute atomic E-state index is 0.389. The summed E-state index contributed by atoms with van der Waals surface area (Å²) >= 11 is 1.54. The zero-order valence-electron chi connectivity index (χ0n) is 15.5. The summed E-state index contributed by atoms with van der Waals surface area (Å²) in [5.41, 5.74) is 1.32. The van der Waals surface area contributed by atoms with Gasteiger partial charge in [0.15, 0.2) is 0 Å². The van der Waals surface area contributed by atoms with E-state index in [4.69, 9.17) is 10.1 Å². The average Bonchev–Trinajstić information content (AvgIpc) is 3.03. The number of benzene rings is 1. The Labute approximate surface area is 161 Å². The van der Waals surface area contributed by atoms with Gasteiger partial charge in [0.1, 0.15) is 11.0 Å². The molecule has 1 aliphatic carbocycles. The van der Waals surface area contributed by atoms with Crippen LogP contribution >= 0.6 is 11.3 Å². The smallest absolute Gasteiger partial charge is 0.325 e. The summed E-state index contributed by atoms with van der Waals surface area (Å²) in [6.07, 6.45) is 6.08. The SMILES string of the molecule is C[C@H](NC(=O)c1ccc(-c2nn(C)/c(=N\C3CCCCC3)s2)cc1)C(=O)O. The van der Waals surface area contributed by atoms with E-state index in [9.17, 15) is 9.59 Å². The van der Waals surface area contributed by atoms with Crippen molar-refractivity contribution in [2.45, 2.75) is 51.1 Å². The van der Waals surface area contributed by atoms with Gasteiger partial charge in [0.05, 0.1) is 6.04 Å². The number of rotatable bonds is 5. The molecule has 8 heteroatoms. The van der Waals surface area contributed by atoms with Gasteiger partial charge in [-0.2, -0.15) is 5.10 Å². The first-order valence-electron chi connectivity index (χ1n) is 9.16. The fourth-order valence-electron chi connectivity index (χ4n) is 3.05. The Balaban J connectivity index is 1.75. The quantitative estimate of drug-likeness (QED) is 0.823. The fourth-order valence-corrected chi connectivity index (χ4v) is 4.02. The number of amides is 1. The molecule has 0 bridgehead atoms. The van der Waals surface area contributed by atoms with Crippen LogP contribution in [0.2, 0.25) is 0 Å². The monoisotopic (exact) mass is 388 g/mol. The first-order valence-corrected chi connectivity index (χ1v) is 9.98. The van der Waals surface area contributed by atoms with Crippen LogP contribution in [0.1, 0.15) is 49.4 Å². The van der Waals surface area contributed by atoms with Crippen LogP contribution in [-0.4, -0.2) is 38.8 Å². The van der Waals surface area contributed by atoms with Crippen LogP contribution < -0.4 is 10.1 Å². The van der Waals surface area contributed by atoms with Gasteiger partial charge in [-0.25, -0.2) is 4.68 Å². The highest BCUT2D eigenvalue weighted by molar-refractivity contribution is 7.12. The van der Waals surface area contributed by atoms with Crippen molar-refractivity contribution in [1.82, 2.24) is 15.1 Å². The lowest BCUT2D eigenvalue weighted by Gasteiger charge is -2.16. The zero-order chi connectivity index (χ0) is 19.4. The van der Waals surface area contributed by atoms with E-state index >= 15 is 0 Å². The second-order valence-corrected chi connectivity index (χ2v) is 7.80. The Morgan fingerprint density at radius 1 is 1.26 bits per heavy atom. The molecule has 0 aliphatic heterocycles. The molecule has 144 valence electrons. The van der Waals surface area contributed by atoms with Crippen LogP contribution in [0, 0.1) is 0 Å². The third kappa shape index (κ3) is 4.82. The van der Waals surface area contributed by atoms with E-state index in [1.165, 1.54) is 26.2 Å². The van der Waals surface area contributed by atoms with Gasteiger partial charge in [-0.3, -0.25) is 14.6 Å². The van der Waals surface area contributed by atoms with E-state index < -0.39 is 17.9 Å². The molecule has 0 spiro atoms. The number of carboxylic acids is 1. The highest BCUT2D eigenvalue weighted by atomic mass is 32.1. The van der Waals surface area contributed by atoms with Crippen LogP contribution in [0.15, 0.2) is 29.3 Å². The molecule has 2 aromatic rings.